The van der Waals surface area contributed by atoms with E-state index < -0.39 is 97.5 Å². The van der Waals surface area contributed by atoms with Gasteiger partial charge in [0, 0.05) is 25.7 Å². The molecule has 0 aromatic heterocycles. The van der Waals surface area contributed by atoms with Crippen molar-refractivity contribution in [3.8, 4) is 0 Å². The first kappa shape index (κ1) is 97.0. The second-order valence-electron chi connectivity index (χ2n) is 27.7. The molecule has 0 aliphatic rings. The molecule has 0 aromatic rings. The molecule has 5 atom stereocenters. The minimum atomic E-state index is -4.97. The van der Waals surface area contributed by atoms with Crippen LogP contribution < -0.4 is 0 Å². The minimum absolute atomic E-state index is 0.0821. The zero-order valence-electron chi connectivity index (χ0n) is 64.1. The van der Waals surface area contributed by atoms with E-state index in [0.29, 0.717) is 25.7 Å². The van der Waals surface area contributed by atoms with Crippen LogP contribution >= 0.6 is 15.6 Å². The fraction of sp³-hybridized carbons (Fsp3) is 0.852. The monoisotopic (exact) mass is 1460 g/mol. The zero-order valence-corrected chi connectivity index (χ0v) is 65.9. The van der Waals surface area contributed by atoms with Crippen LogP contribution in [-0.2, 0) is 65.4 Å². The van der Waals surface area contributed by atoms with Crippen LogP contribution in [0.15, 0.2) is 48.6 Å². The van der Waals surface area contributed by atoms with Gasteiger partial charge in [-0.1, -0.05) is 301 Å². The van der Waals surface area contributed by atoms with E-state index in [1.165, 1.54) is 167 Å². The van der Waals surface area contributed by atoms with Crippen LogP contribution in [0.5, 0.6) is 0 Å². The van der Waals surface area contributed by atoms with Crippen molar-refractivity contribution in [1.29, 1.82) is 0 Å². The highest BCUT2D eigenvalue weighted by Gasteiger charge is 2.30. The summed E-state index contributed by atoms with van der Waals surface area (Å²) in [4.78, 5) is 73.0. The number of unbranched alkanes of at least 4 members (excludes halogenated alkanes) is 44. The molecule has 100 heavy (non-hydrogen) atoms. The maximum atomic E-state index is 13.1. The predicted molar refractivity (Wildman–Crippen MR) is 409 cm³/mol. The van der Waals surface area contributed by atoms with Gasteiger partial charge >= 0.3 is 39.5 Å². The van der Waals surface area contributed by atoms with Crippen LogP contribution in [0.4, 0.5) is 0 Å². The van der Waals surface area contributed by atoms with E-state index in [4.69, 9.17) is 37.0 Å². The Hall–Kier alpha value is -2.98. The van der Waals surface area contributed by atoms with Gasteiger partial charge < -0.3 is 33.8 Å². The zero-order chi connectivity index (χ0) is 73.2. The molecule has 0 heterocycles. The summed E-state index contributed by atoms with van der Waals surface area (Å²) in [6.45, 7) is 4.90. The molecule has 2 unspecified atom stereocenters. The minimum Gasteiger partial charge on any atom is -0.462 e. The Morgan fingerprint density at radius 1 is 0.280 bits per heavy atom. The lowest BCUT2D eigenvalue weighted by Crippen LogP contribution is -2.30. The highest BCUT2D eigenvalue weighted by molar-refractivity contribution is 7.47. The maximum Gasteiger partial charge on any atom is 0.472 e. The second-order valence-corrected chi connectivity index (χ2v) is 30.6. The summed E-state index contributed by atoms with van der Waals surface area (Å²) in [5, 5.41) is 10.6. The summed E-state index contributed by atoms with van der Waals surface area (Å²) in [6, 6.07) is 0. The molecule has 17 nitrogen and oxygen atoms in total. The normalized spacial score (nSPS) is 14.1. The number of phosphoric ester groups is 2. The molecule has 586 valence electrons. The average molecular weight is 1460 g/mol. The van der Waals surface area contributed by atoms with Gasteiger partial charge in [0.1, 0.15) is 19.3 Å². The number of esters is 4. The Balaban J connectivity index is 5.34. The van der Waals surface area contributed by atoms with Gasteiger partial charge in [0.05, 0.1) is 26.4 Å². The largest absolute Gasteiger partial charge is 0.472 e. The molecule has 0 saturated carbocycles. The second kappa shape index (κ2) is 74.3. The van der Waals surface area contributed by atoms with Crippen LogP contribution in [-0.4, -0.2) is 96.7 Å². The molecule has 0 radical (unpaired) electrons. The Morgan fingerprint density at radius 3 is 0.770 bits per heavy atom. The number of allylic oxidation sites excluding steroid dienone is 8. The smallest absolute Gasteiger partial charge is 0.462 e. The average Bonchev–Trinajstić information content (AvgIpc) is 1.25. The molecule has 0 rings (SSSR count). The third-order valence-electron chi connectivity index (χ3n) is 17.8. The highest BCUT2D eigenvalue weighted by atomic mass is 31.2. The molecule has 0 saturated heterocycles. The van der Waals surface area contributed by atoms with E-state index in [1.54, 1.807) is 0 Å². The molecule has 0 fully saturated rings. The van der Waals surface area contributed by atoms with Crippen molar-refractivity contribution < 1.29 is 80.2 Å². The first-order chi connectivity index (χ1) is 48.7. The van der Waals surface area contributed by atoms with Gasteiger partial charge in [0.25, 0.3) is 0 Å². The molecule has 0 aromatic carbocycles. The summed E-state index contributed by atoms with van der Waals surface area (Å²) in [5.41, 5.74) is 0. The molecule has 19 heteroatoms. The Bertz CT molecular complexity index is 2080. The summed E-state index contributed by atoms with van der Waals surface area (Å²) < 4.78 is 68.6. The highest BCUT2D eigenvalue weighted by Crippen LogP contribution is 2.45. The Kier molecular flexibility index (Phi) is 72.1. The van der Waals surface area contributed by atoms with Crippen molar-refractivity contribution in [1.82, 2.24) is 0 Å². The number of aliphatic hydroxyl groups excluding tert-OH is 1. The van der Waals surface area contributed by atoms with Crippen molar-refractivity contribution in [2.75, 3.05) is 39.6 Å². The van der Waals surface area contributed by atoms with Gasteiger partial charge in [-0.25, -0.2) is 9.13 Å². The van der Waals surface area contributed by atoms with E-state index in [9.17, 15) is 43.2 Å². The van der Waals surface area contributed by atoms with E-state index in [0.717, 1.165) is 141 Å². The first-order valence-electron chi connectivity index (χ1n) is 40.9. The predicted octanol–water partition coefficient (Wildman–Crippen LogP) is 23.7. The SMILES string of the molecule is CCCCC/C=C\C/C=C\CCCCCCCC(=O)O[C@H](COC(=O)CCCCCCC/C=C\CCCCCCCC)COP(=O)(O)OC[C@H](O)COP(=O)(O)OC[C@@H](COC(=O)CCCCCCCCCCCCCCCCC)OC(=O)CCCCCCC/C=C\CCCCCCCC. The number of aliphatic hydroxyl groups is 1. The van der Waals surface area contributed by atoms with Crippen LogP contribution in [0, 0.1) is 0 Å². The van der Waals surface area contributed by atoms with Gasteiger partial charge in [-0.15, -0.1) is 0 Å². The van der Waals surface area contributed by atoms with Gasteiger partial charge in [0.15, 0.2) is 12.2 Å². The number of hydrogen-bond donors (Lipinski definition) is 3. The van der Waals surface area contributed by atoms with Crippen LogP contribution in [0.25, 0.3) is 0 Å². The first-order valence-corrected chi connectivity index (χ1v) is 43.9. The van der Waals surface area contributed by atoms with Crippen LogP contribution in [0.3, 0.4) is 0 Å². The van der Waals surface area contributed by atoms with Crippen LogP contribution in [0.2, 0.25) is 0 Å². The van der Waals surface area contributed by atoms with Crippen molar-refractivity contribution >= 4 is 39.5 Å². The number of rotatable bonds is 78. The molecule has 0 aliphatic heterocycles. The third-order valence-corrected chi connectivity index (χ3v) is 19.7. The van der Waals surface area contributed by atoms with E-state index >= 15 is 0 Å². The number of carbonyl (C=O) groups excluding carboxylic acids is 4. The Morgan fingerprint density at radius 2 is 0.490 bits per heavy atom. The van der Waals surface area contributed by atoms with Crippen molar-refractivity contribution in [3.05, 3.63) is 48.6 Å². The summed E-state index contributed by atoms with van der Waals surface area (Å²) in [7, 11) is -9.94. The maximum absolute atomic E-state index is 13.1. The lowest BCUT2D eigenvalue weighted by Gasteiger charge is -2.21. The number of carbonyl (C=O) groups is 4. The quantitative estimate of drug-likeness (QED) is 0.0169. The Labute approximate surface area is 610 Å². The van der Waals surface area contributed by atoms with E-state index in [2.05, 4.69) is 76.3 Å². The molecule has 0 amide bonds. The molecule has 3 N–H and O–H groups in total. The topological polar surface area (TPSA) is 237 Å². The summed E-state index contributed by atoms with van der Waals surface area (Å²) >= 11 is 0. The number of phosphoric acid groups is 2. The lowest BCUT2D eigenvalue weighted by atomic mass is 10.0. The van der Waals surface area contributed by atoms with Gasteiger partial charge in [0.2, 0.25) is 0 Å². The van der Waals surface area contributed by atoms with Crippen molar-refractivity contribution in [3.63, 3.8) is 0 Å². The van der Waals surface area contributed by atoms with Crippen molar-refractivity contribution in [2.24, 2.45) is 0 Å². The van der Waals surface area contributed by atoms with Gasteiger partial charge in [-0.05, 0) is 109 Å². The summed E-state index contributed by atoms with van der Waals surface area (Å²) in [5.74, 6) is -2.17. The standard InChI is InChI=1S/C81H150O17P2/c1-5-9-13-17-21-25-29-33-37-41-45-49-53-57-61-65-78(83)91-71-76(97-80(85)67-63-59-55-51-47-43-39-35-31-27-23-19-15-11-7-3)73-95-99(87,88)93-69-75(82)70-94-100(89,90)96-74-77(98-81(86)68-64-60-56-52-48-44-40-36-32-28-24-20-16-12-8-4)72-92-79(84)66-62-58-54-50-46-42-38-34-30-26-22-18-14-10-6-2/h23,27,33,35-37,39-40,75-77,82H,5-22,24-26,28-32,34,38,41-74H2,1-4H3,(H,87,88)(H,89,90)/b27-23-,37-33-,39-35-,40-36-/t75-,76+,77+/m0/s1. The van der Waals surface area contributed by atoms with Crippen LogP contribution in [0.1, 0.15) is 387 Å². The molecular weight excluding hydrogens is 1310 g/mol. The fourth-order valence-electron chi connectivity index (χ4n) is 11.5. The number of hydrogen-bond acceptors (Lipinski definition) is 15. The van der Waals surface area contributed by atoms with E-state index in [-0.39, 0.29) is 25.7 Å². The molecule has 0 spiro atoms. The molecular formula is C81H150O17P2. The summed E-state index contributed by atoms with van der Waals surface area (Å²) in [6.07, 6.45) is 72.2. The number of ether oxygens (including phenoxy) is 4. The van der Waals surface area contributed by atoms with Crippen molar-refractivity contribution in [2.45, 2.75) is 406 Å². The van der Waals surface area contributed by atoms with E-state index in [1.807, 2.05) is 0 Å². The molecule has 0 aliphatic carbocycles. The fourth-order valence-corrected chi connectivity index (χ4v) is 13.1. The molecule has 0 bridgehead atoms. The van der Waals surface area contributed by atoms with Gasteiger partial charge in [-0.2, -0.15) is 0 Å². The van der Waals surface area contributed by atoms with Gasteiger partial charge in [-0.3, -0.25) is 37.3 Å². The third kappa shape index (κ3) is 73.3. The lowest BCUT2D eigenvalue weighted by molar-refractivity contribution is -0.161.